The summed E-state index contributed by atoms with van der Waals surface area (Å²) in [5, 5.41) is 2.84. The van der Waals surface area contributed by atoms with Crippen LogP contribution < -0.4 is 10.1 Å². The first-order valence-electron chi connectivity index (χ1n) is 7.89. The second kappa shape index (κ2) is 9.71. The fourth-order valence-electron chi connectivity index (χ4n) is 2.12. The summed E-state index contributed by atoms with van der Waals surface area (Å²) in [6.45, 7) is 6.37. The van der Waals surface area contributed by atoms with Crippen LogP contribution in [0.5, 0.6) is 5.75 Å². The number of para-hydroxylation sites is 2. The van der Waals surface area contributed by atoms with Gasteiger partial charge >= 0.3 is 12.0 Å². The van der Waals surface area contributed by atoms with Crippen molar-refractivity contribution in [3.8, 4) is 5.75 Å². The Hall–Kier alpha value is -2.24. The normalized spacial score (nSPS) is 11.5. The van der Waals surface area contributed by atoms with E-state index in [1.54, 1.807) is 31.1 Å². The predicted octanol–water partition coefficient (Wildman–Crippen LogP) is 3.28. The highest BCUT2D eigenvalue weighted by Gasteiger charge is 2.21. The highest BCUT2D eigenvalue weighted by molar-refractivity contribution is 5.91. The standard InChI is InChI=1S/C17H26N2O4/c1-5-13(3)19(12-11-16(20)23-6-2)17(21)18-14-9-7-8-10-15(14)22-4/h7-10,13H,5-6,11-12H2,1-4H3,(H,18,21). The minimum Gasteiger partial charge on any atom is -0.495 e. The summed E-state index contributed by atoms with van der Waals surface area (Å²) in [6, 6.07) is 6.97. The highest BCUT2D eigenvalue weighted by atomic mass is 16.5. The molecule has 128 valence electrons. The van der Waals surface area contributed by atoms with Gasteiger partial charge in [-0.25, -0.2) is 4.79 Å². The van der Waals surface area contributed by atoms with E-state index in [1.165, 1.54) is 0 Å². The molecule has 0 fully saturated rings. The number of nitrogens with zero attached hydrogens (tertiary/aromatic N) is 1. The van der Waals surface area contributed by atoms with E-state index >= 15 is 0 Å². The molecule has 0 saturated heterocycles. The SMILES string of the molecule is CCOC(=O)CCN(C(=O)Nc1ccccc1OC)C(C)CC. The maximum atomic E-state index is 12.6. The molecule has 0 aromatic heterocycles. The Kier molecular flexibility index (Phi) is 7.94. The molecule has 1 N–H and O–H groups in total. The highest BCUT2D eigenvalue weighted by Crippen LogP contribution is 2.23. The van der Waals surface area contributed by atoms with Gasteiger partial charge in [-0.05, 0) is 32.4 Å². The molecule has 6 heteroatoms. The van der Waals surface area contributed by atoms with Crippen LogP contribution in [0.1, 0.15) is 33.6 Å². The zero-order valence-corrected chi connectivity index (χ0v) is 14.3. The van der Waals surface area contributed by atoms with Crippen molar-refractivity contribution in [2.75, 3.05) is 25.6 Å². The van der Waals surface area contributed by atoms with Crippen molar-refractivity contribution in [2.24, 2.45) is 0 Å². The van der Waals surface area contributed by atoms with Gasteiger partial charge in [-0.1, -0.05) is 19.1 Å². The number of urea groups is 1. The van der Waals surface area contributed by atoms with Crippen molar-refractivity contribution in [3.05, 3.63) is 24.3 Å². The predicted molar refractivity (Wildman–Crippen MR) is 89.7 cm³/mol. The number of rotatable bonds is 8. The lowest BCUT2D eigenvalue weighted by atomic mass is 10.2. The number of esters is 1. The fourth-order valence-corrected chi connectivity index (χ4v) is 2.12. The molecule has 0 aliphatic rings. The van der Waals surface area contributed by atoms with Crippen LogP contribution in [0, 0.1) is 0 Å². The third-order valence-corrected chi connectivity index (χ3v) is 3.59. The number of carbonyl (C=O) groups is 2. The number of carbonyl (C=O) groups excluding carboxylic acids is 2. The van der Waals surface area contributed by atoms with Gasteiger partial charge < -0.3 is 19.7 Å². The quantitative estimate of drug-likeness (QED) is 0.746. The van der Waals surface area contributed by atoms with Crippen molar-refractivity contribution in [2.45, 2.75) is 39.7 Å². The summed E-state index contributed by atoms with van der Waals surface area (Å²) in [5.74, 6) is 0.293. The number of benzene rings is 1. The molecule has 0 aliphatic heterocycles. The Morgan fingerprint density at radius 1 is 1.26 bits per heavy atom. The van der Waals surface area contributed by atoms with Crippen molar-refractivity contribution in [3.63, 3.8) is 0 Å². The molecule has 6 nitrogen and oxygen atoms in total. The first kappa shape index (κ1) is 18.8. The Labute approximate surface area is 137 Å². The summed E-state index contributed by atoms with van der Waals surface area (Å²) in [5.41, 5.74) is 0.601. The number of nitrogens with one attached hydrogen (secondary N) is 1. The third kappa shape index (κ3) is 5.81. The number of hydrogen-bond donors (Lipinski definition) is 1. The number of amides is 2. The molecule has 1 atom stereocenters. The van der Waals surface area contributed by atoms with Crippen LogP contribution in [-0.4, -0.2) is 43.2 Å². The van der Waals surface area contributed by atoms with Crippen molar-refractivity contribution >= 4 is 17.7 Å². The molecule has 23 heavy (non-hydrogen) atoms. The van der Waals surface area contributed by atoms with Crippen LogP contribution in [0.3, 0.4) is 0 Å². The molecule has 1 unspecified atom stereocenters. The smallest absolute Gasteiger partial charge is 0.322 e. The van der Waals surface area contributed by atoms with Gasteiger partial charge in [-0.15, -0.1) is 0 Å². The van der Waals surface area contributed by atoms with E-state index in [0.717, 1.165) is 6.42 Å². The van der Waals surface area contributed by atoms with E-state index < -0.39 is 0 Å². The topological polar surface area (TPSA) is 67.9 Å². The Morgan fingerprint density at radius 2 is 1.96 bits per heavy atom. The van der Waals surface area contributed by atoms with Gasteiger partial charge in [-0.3, -0.25) is 4.79 Å². The molecular weight excluding hydrogens is 296 g/mol. The molecule has 1 aromatic carbocycles. The van der Waals surface area contributed by atoms with Crippen LogP contribution in [-0.2, 0) is 9.53 Å². The van der Waals surface area contributed by atoms with Crippen LogP contribution in [0.25, 0.3) is 0 Å². The largest absolute Gasteiger partial charge is 0.495 e. The Balaban J connectivity index is 2.77. The lowest BCUT2D eigenvalue weighted by Gasteiger charge is -2.28. The maximum absolute atomic E-state index is 12.6. The minimum atomic E-state index is -0.300. The first-order chi connectivity index (χ1) is 11.0. The fraction of sp³-hybridized carbons (Fsp3) is 0.529. The lowest BCUT2D eigenvalue weighted by molar-refractivity contribution is -0.143. The minimum absolute atomic E-state index is 0.0131. The average molecular weight is 322 g/mol. The van der Waals surface area contributed by atoms with E-state index in [9.17, 15) is 9.59 Å². The van der Waals surface area contributed by atoms with E-state index in [-0.39, 0.29) is 24.5 Å². The molecule has 0 bridgehead atoms. The van der Waals surface area contributed by atoms with Gasteiger partial charge in [0.1, 0.15) is 5.75 Å². The van der Waals surface area contributed by atoms with E-state index in [1.807, 2.05) is 26.0 Å². The third-order valence-electron chi connectivity index (χ3n) is 3.59. The summed E-state index contributed by atoms with van der Waals surface area (Å²) >= 11 is 0. The maximum Gasteiger partial charge on any atom is 0.322 e. The molecule has 2 amide bonds. The van der Waals surface area contributed by atoms with Crippen LogP contribution in [0.4, 0.5) is 10.5 Å². The van der Waals surface area contributed by atoms with Crippen LogP contribution >= 0.6 is 0 Å². The molecule has 0 saturated carbocycles. The zero-order chi connectivity index (χ0) is 17.2. The summed E-state index contributed by atoms with van der Waals surface area (Å²) in [7, 11) is 1.55. The number of anilines is 1. The van der Waals surface area contributed by atoms with E-state index in [4.69, 9.17) is 9.47 Å². The van der Waals surface area contributed by atoms with Crippen molar-refractivity contribution < 1.29 is 19.1 Å². The van der Waals surface area contributed by atoms with Crippen LogP contribution in [0.2, 0.25) is 0 Å². The Bertz CT molecular complexity index is 519. The summed E-state index contributed by atoms with van der Waals surface area (Å²) in [4.78, 5) is 25.7. The molecule has 1 aromatic rings. The molecule has 1 rings (SSSR count). The Morgan fingerprint density at radius 3 is 2.57 bits per heavy atom. The van der Waals surface area contributed by atoms with Crippen molar-refractivity contribution in [1.82, 2.24) is 4.90 Å². The number of ether oxygens (including phenoxy) is 2. The average Bonchev–Trinajstić information content (AvgIpc) is 2.55. The molecule has 0 radical (unpaired) electrons. The lowest BCUT2D eigenvalue weighted by Crippen LogP contribution is -2.42. The number of hydrogen-bond acceptors (Lipinski definition) is 4. The molecule has 0 aliphatic carbocycles. The number of methoxy groups -OCH3 is 1. The van der Waals surface area contributed by atoms with Crippen LogP contribution in [0.15, 0.2) is 24.3 Å². The summed E-state index contributed by atoms with van der Waals surface area (Å²) in [6.07, 6.45) is 0.972. The monoisotopic (exact) mass is 322 g/mol. The first-order valence-corrected chi connectivity index (χ1v) is 7.89. The summed E-state index contributed by atoms with van der Waals surface area (Å²) < 4.78 is 10.2. The second-order valence-corrected chi connectivity index (χ2v) is 5.14. The van der Waals surface area contributed by atoms with E-state index in [2.05, 4.69) is 5.32 Å². The van der Waals surface area contributed by atoms with Gasteiger partial charge in [0.15, 0.2) is 0 Å². The van der Waals surface area contributed by atoms with Gasteiger partial charge in [0.25, 0.3) is 0 Å². The second-order valence-electron chi connectivity index (χ2n) is 5.14. The van der Waals surface area contributed by atoms with Gasteiger partial charge in [0, 0.05) is 12.6 Å². The van der Waals surface area contributed by atoms with Crippen molar-refractivity contribution in [1.29, 1.82) is 0 Å². The zero-order valence-electron chi connectivity index (χ0n) is 14.3. The molecular formula is C17H26N2O4. The van der Waals surface area contributed by atoms with Gasteiger partial charge in [-0.2, -0.15) is 0 Å². The van der Waals surface area contributed by atoms with Gasteiger partial charge in [0.2, 0.25) is 0 Å². The van der Waals surface area contributed by atoms with E-state index in [0.29, 0.717) is 24.6 Å². The van der Waals surface area contributed by atoms with Gasteiger partial charge in [0.05, 0.1) is 25.8 Å². The molecule has 0 heterocycles. The molecule has 0 spiro atoms.